The zero-order valence-corrected chi connectivity index (χ0v) is 13.8. The fourth-order valence-electron chi connectivity index (χ4n) is 1.45. The first-order valence-corrected chi connectivity index (χ1v) is 8.83. The monoisotopic (exact) mass is 328 g/mol. The summed E-state index contributed by atoms with van der Waals surface area (Å²) in [4.78, 5) is 15.0. The summed E-state index contributed by atoms with van der Waals surface area (Å²) >= 11 is 4.57. The Balaban J connectivity index is 1.78. The van der Waals surface area contributed by atoms with Crippen LogP contribution in [0.4, 0.5) is 5.13 Å². The van der Waals surface area contributed by atoms with Gasteiger partial charge in [-0.1, -0.05) is 29.2 Å². The van der Waals surface area contributed by atoms with E-state index in [1.807, 2.05) is 31.5 Å². The van der Waals surface area contributed by atoms with E-state index in [0.29, 0.717) is 12.3 Å². The number of carbonyl (C=O) groups excluding carboxylic acids is 1. The largest absolute Gasteiger partial charge is 0.360 e. The lowest BCUT2D eigenvalue weighted by Crippen LogP contribution is -2.27. The minimum absolute atomic E-state index is 0.101. The standard InChI is InChI=1S/C12H16N4OS3/c1-3-13-11-14-15-12(20-11)19-8-10(17)16(2)7-9-5-4-6-18-9/h4-6H,3,7-8H2,1-2H3,(H,13,14). The van der Waals surface area contributed by atoms with Gasteiger partial charge in [0.05, 0.1) is 12.3 Å². The zero-order valence-electron chi connectivity index (χ0n) is 11.3. The van der Waals surface area contributed by atoms with E-state index in [0.717, 1.165) is 16.0 Å². The van der Waals surface area contributed by atoms with E-state index < -0.39 is 0 Å². The van der Waals surface area contributed by atoms with Crippen LogP contribution >= 0.6 is 34.4 Å². The molecule has 2 aromatic rings. The van der Waals surface area contributed by atoms with Crippen molar-refractivity contribution in [3.05, 3.63) is 22.4 Å². The molecule has 0 aliphatic rings. The summed E-state index contributed by atoms with van der Waals surface area (Å²) in [6, 6.07) is 4.03. The average molecular weight is 328 g/mol. The highest BCUT2D eigenvalue weighted by atomic mass is 32.2. The summed E-state index contributed by atoms with van der Waals surface area (Å²) in [6.07, 6.45) is 0. The number of carbonyl (C=O) groups is 1. The number of rotatable bonds is 7. The summed E-state index contributed by atoms with van der Waals surface area (Å²) in [7, 11) is 1.83. The Morgan fingerprint density at radius 1 is 1.50 bits per heavy atom. The van der Waals surface area contributed by atoms with Gasteiger partial charge in [-0.25, -0.2) is 0 Å². The van der Waals surface area contributed by atoms with Crippen molar-refractivity contribution in [1.82, 2.24) is 15.1 Å². The van der Waals surface area contributed by atoms with E-state index in [4.69, 9.17) is 0 Å². The molecule has 0 radical (unpaired) electrons. The Kier molecular flexibility index (Phi) is 5.81. The number of thioether (sulfide) groups is 1. The molecule has 0 bridgehead atoms. The molecule has 0 aromatic carbocycles. The predicted molar refractivity (Wildman–Crippen MR) is 85.6 cm³/mol. The number of nitrogens with zero attached hydrogens (tertiary/aromatic N) is 3. The van der Waals surface area contributed by atoms with E-state index in [1.165, 1.54) is 28.0 Å². The molecule has 0 spiro atoms. The summed E-state index contributed by atoms with van der Waals surface area (Å²) in [5.41, 5.74) is 0. The molecule has 8 heteroatoms. The maximum Gasteiger partial charge on any atom is 0.233 e. The van der Waals surface area contributed by atoms with Crippen molar-refractivity contribution < 1.29 is 4.79 Å². The number of amides is 1. The number of nitrogens with one attached hydrogen (secondary N) is 1. The minimum Gasteiger partial charge on any atom is -0.360 e. The molecular formula is C12H16N4OS3. The SMILES string of the molecule is CCNc1nnc(SCC(=O)N(C)Cc2cccs2)s1. The van der Waals surface area contributed by atoms with Gasteiger partial charge >= 0.3 is 0 Å². The van der Waals surface area contributed by atoms with Gasteiger partial charge < -0.3 is 10.2 Å². The molecule has 0 fully saturated rings. The fourth-order valence-corrected chi connectivity index (χ4v) is 3.97. The van der Waals surface area contributed by atoms with Crippen LogP contribution in [0, 0.1) is 0 Å². The van der Waals surface area contributed by atoms with Crippen molar-refractivity contribution in [2.24, 2.45) is 0 Å². The quantitative estimate of drug-likeness (QED) is 0.792. The Bertz CT molecular complexity index is 541. The van der Waals surface area contributed by atoms with Gasteiger partial charge in [-0.3, -0.25) is 4.79 Å². The highest BCUT2D eigenvalue weighted by Gasteiger charge is 2.12. The lowest BCUT2D eigenvalue weighted by Gasteiger charge is -2.15. The first kappa shape index (κ1) is 15.3. The second-order valence-electron chi connectivity index (χ2n) is 4.02. The molecule has 0 saturated heterocycles. The van der Waals surface area contributed by atoms with Gasteiger partial charge in [-0.05, 0) is 18.4 Å². The Labute approximate surface area is 130 Å². The Hall–Kier alpha value is -1.12. The third-order valence-electron chi connectivity index (χ3n) is 2.45. The van der Waals surface area contributed by atoms with E-state index in [9.17, 15) is 4.79 Å². The summed E-state index contributed by atoms with van der Waals surface area (Å²) in [6.45, 7) is 3.49. The molecule has 2 aromatic heterocycles. The van der Waals surface area contributed by atoms with Crippen LogP contribution < -0.4 is 5.32 Å². The van der Waals surface area contributed by atoms with Gasteiger partial charge in [0.2, 0.25) is 11.0 Å². The van der Waals surface area contributed by atoms with E-state index in [2.05, 4.69) is 15.5 Å². The molecule has 20 heavy (non-hydrogen) atoms. The molecule has 2 rings (SSSR count). The van der Waals surface area contributed by atoms with Crippen LogP contribution in [0.2, 0.25) is 0 Å². The van der Waals surface area contributed by atoms with Gasteiger partial charge in [-0.2, -0.15) is 0 Å². The average Bonchev–Trinajstić information content (AvgIpc) is 3.08. The van der Waals surface area contributed by atoms with Crippen LogP contribution in [0.15, 0.2) is 21.9 Å². The Morgan fingerprint density at radius 2 is 2.35 bits per heavy atom. The topological polar surface area (TPSA) is 58.1 Å². The van der Waals surface area contributed by atoms with Crippen LogP contribution in [0.5, 0.6) is 0 Å². The second kappa shape index (κ2) is 7.61. The van der Waals surface area contributed by atoms with Gasteiger partial charge in [0.1, 0.15) is 0 Å². The number of anilines is 1. The maximum atomic E-state index is 12.0. The molecule has 108 valence electrons. The first-order valence-electron chi connectivity index (χ1n) is 6.15. The van der Waals surface area contributed by atoms with Crippen LogP contribution in [0.25, 0.3) is 0 Å². The van der Waals surface area contributed by atoms with Crippen LogP contribution in [-0.2, 0) is 11.3 Å². The van der Waals surface area contributed by atoms with Crippen molar-refractivity contribution in [2.75, 3.05) is 24.7 Å². The molecule has 0 aliphatic heterocycles. The lowest BCUT2D eigenvalue weighted by molar-refractivity contribution is -0.127. The second-order valence-corrected chi connectivity index (χ2v) is 7.25. The van der Waals surface area contributed by atoms with Crippen LogP contribution in [-0.4, -0.2) is 40.3 Å². The highest BCUT2D eigenvalue weighted by molar-refractivity contribution is 8.01. The number of hydrogen-bond acceptors (Lipinski definition) is 7. The van der Waals surface area contributed by atoms with Crippen LogP contribution in [0.3, 0.4) is 0 Å². The third-order valence-corrected chi connectivity index (χ3v) is 5.31. The molecule has 0 unspecified atom stereocenters. The number of hydrogen-bond donors (Lipinski definition) is 1. The summed E-state index contributed by atoms with van der Waals surface area (Å²) in [5.74, 6) is 0.492. The van der Waals surface area contributed by atoms with Crippen molar-refractivity contribution in [2.45, 2.75) is 17.8 Å². The molecule has 5 nitrogen and oxygen atoms in total. The molecule has 1 N–H and O–H groups in total. The smallest absolute Gasteiger partial charge is 0.233 e. The molecule has 1 amide bonds. The van der Waals surface area contributed by atoms with Crippen molar-refractivity contribution in [3.8, 4) is 0 Å². The van der Waals surface area contributed by atoms with Crippen molar-refractivity contribution in [3.63, 3.8) is 0 Å². The van der Waals surface area contributed by atoms with Gasteiger partial charge in [-0.15, -0.1) is 21.5 Å². The molecule has 0 aliphatic carbocycles. The normalized spacial score (nSPS) is 10.5. The molecule has 0 atom stereocenters. The van der Waals surface area contributed by atoms with Gasteiger partial charge in [0.15, 0.2) is 4.34 Å². The molecule has 2 heterocycles. The maximum absolute atomic E-state index is 12.0. The van der Waals surface area contributed by atoms with Crippen molar-refractivity contribution >= 4 is 45.5 Å². The van der Waals surface area contributed by atoms with E-state index >= 15 is 0 Å². The molecule has 0 saturated carbocycles. The van der Waals surface area contributed by atoms with E-state index in [-0.39, 0.29) is 5.91 Å². The first-order chi connectivity index (χ1) is 9.69. The fraction of sp³-hybridized carbons (Fsp3) is 0.417. The number of thiophene rings is 1. The minimum atomic E-state index is 0.101. The van der Waals surface area contributed by atoms with Gasteiger partial charge in [0.25, 0.3) is 0 Å². The predicted octanol–water partition coefficient (Wildman–Crippen LogP) is 2.78. The number of aromatic nitrogens is 2. The van der Waals surface area contributed by atoms with Crippen LogP contribution in [0.1, 0.15) is 11.8 Å². The molecular weight excluding hydrogens is 312 g/mol. The van der Waals surface area contributed by atoms with Crippen molar-refractivity contribution in [1.29, 1.82) is 0 Å². The Morgan fingerprint density at radius 3 is 3.05 bits per heavy atom. The summed E-state index contributed by atoms with van der Waals surface area (Å²) in [5, 5.41) is 14.0. The summed E-state index contributed by atoms with van der Waals surface area (Å²) < 4.78 is 0.818. The van der Waals surface area contributed by atoms with E-state index in [1.54, 1.807) is 16.2 Å². The lowest BCUT2D eigenvalue weighted by atomic mass is 10.4. The van der Waals surface area contributed by atoms with Gasteiger partial charge in [0, 0.05) is 18.5 Å². The third kappa shape index (κ3) is 4.46. The zero-order chi connectivity index (χ0) is 14.4. The highest BCUT2D eigenvalue weighted by Crippen LogP contribution is 2.25.